The molecule has 0 aliphatic rings. The SMILES string of the molecule is Cc1ccc2ncc(C(=O)NCc3cn4cc(Cl)ccc4n3)c(=O)n2c1. The highest BCUT2D eigenvalue weighted by Gasteiger charge is 2.14. The number of halogens is 1. The van der Waals surface area contributed by atoms with Crippen LogP contribution in [0.1, 0.15) is 21.6 Å². The van der Waals surface area contributed by atoms with Crippen molar-refractivity contribution in [1.29, 1.82) is 0 Å². The van der Waals surface area contributed by atoms with E-state index in [0.29, 0.717) is 16.4 Å². The highest BCUT2D eigenvalue weighted by molar-refractivity contribution is 6.30. The maximum absolute atomic E-state index is 12.5. The van der Waals surface area contributed by atoms with Crippen molar-refractivity contribution in [2.75, 3.05) is 0 Å². The monoisotopic (exact) mass is 367 g/mol. The second-order valence-electron chi connectivity index (χ2n) is 5.94. The van der Waals surface area contributed by atoms with Crippen molar-refractivity contribution in [2.45, 2.75) is 13.5 Å². The largest absolute Gasteiger partial charge is 0.346 e. The minimum Gasteiger partial charge on any atom is -0.346 e. The van der Waals surface area contributed by atoms with E-state index in [2.05, 4.69) is 15.3 Å². The Morgan fingerprint density at radius 2 is 1.96 bits per heavy atom. The molecule has 0 radical (unpaired) electrons. The molecule has 0 unspecified atom stereocenters. The molecule has 0 atom stereocenters. The van der Waals surface area contributed by atoms with Gasteiger partial charge in [-0.15, -0.1) is 0 Å². The summed E-state index contributed by atoms with van der Waals surface area (Å²) in [7, 11) is 0. The summed E-state index contributed by atoms with van der Waals surface area (Å²) in [5, 5.41) is 3.30. The van der Waals surface area contributed by atoms with Crippen LogP contribution in [0.2, 0.25) is 5.02 Å². The number of hydrogen-bond donors (Lipinski definition) is 1. The Labute approximate surface area is 152 Å². The molecule has 0 saturated carbocycles. The van der Waals surface area contributed by atoms with Gasteiger partial charge in [-0.2, -0.15) is 0 Å². The Bertz CT molecular complexity index is 1210. The van der Waals surface area contributed by atoms with Gasteiger partial charge in [0, 0.05) is 24.8 Å². The highest BCUT2D eigenvalue weighted by Crippen LogP contribution is 2.11. The summed E-state index contributed by atoms with van der Waals surface area (Å²) >= 11 is 5.95. The van der Waals surface area contributed by atoms with Crippen LogP contribution in [0, 0.1) is 6.92 Å². The maximum atomic E-state index is 12.5. The summed E-state index contributed by atoms with van der Waals surface area (Å²) < 4.78 is 3.15. The highest BCUT2D eigenvalue weighted by atomic mass is 35.5. The maximum Gasteiger partial charge on any atom is 0.270 e. The number of nitrogens with zero attached hydrogens (tertiary/aromatic N) is 4. The predicted octanol–water partition coefficient (Wildman–Crippen LogP) is 2.23. The Morgan fingerprint density at radius 1 is 1.15 bits per heavy atom. The van der Waals surface area contributed by atoms with Crippen LogP contribution in [0.25, 0.3) is 11.3 Å². The van der Waals surface area contributed by atoms with Crippen molar-refractivity contribution >= 4 is 28.8 Å². The van der Waals surface area contributed by atoms with Gasteiger partial charge in [-0.25, -0.2) is 9.97 Å². The van der Waals surface area contributed by atoms with Gasteiger partial charge in [0.1, 0.15) is 16.9 Å². The number of carbonyl (C=O) groups excluding carboxylic acids is 1. The number of aromatic nitrogens is 4. The van der Waals surface area contributed by atoms with Gasteiger partial charge in [0.25, 0.3) is 11.5 Å². The topological polar surface area (TPSA) is 80.8 Å². The molecule has 7 nitrogen and oxygen atoms in total. The summed E-state index contributed by atoms with van der Waals surface area (Å²) in [5.41, 5.74) is 2.36. The minimum atomic E-state index is -0.492. The summed E-state index contributed by atoms with van der Waals surface area (Å²) in [6.45, 7) is 2.06. The van der Waals surface area contributed by atoms with E-state index in [1.54, 1.807) is 41.2 Å². The molecule has 0 bridgehead atoms. The third-order valence-electron chi connectivity index (χ3n) is 3.99. The van der Waals surface area contributed by atoms with Gasteiger partial charge in [0.2, 0.25) is 0 Å². The van der Waals surface area contributed by atoms with Crippen molar-refractivity contribution in [1.82, 2.24) is 24.1 Å². The van der Waals surface area contributed by atoms with Crippen LogP contribution in [0.4, 0.5) is 0 Å². The van der Waals surface area contributed by atoms with Crippen molar-refractivity contribution < 1.29 is 4.79 Å². The van der Waals surface area contributed by atoms with Gasteiger partial charge in [0.05, 0.1) is 17.3 Å². The molecular formula is C18H14ClN5O2. The lowest BCUT2D eigenvalue weighted by molar-refractivity contribution is 0.0948. The molecular weight excluding hydrogens is 354 g/mol. The summed E-state index contributed by atoms with van der Waals surface area (Å²) in [5.74, 6) is -0.492. The molecule has 1 N–H and O–H groups in total. The zero-order valence-corrected chi connectivity index (χ0v) is 14.6. The van der Waals surface area contributed by atoms with Crippen molar-refractivity contribution in [3.8, 4) is 0 Å². The van der Waals surface area contributed by atoms with Crippen LogP contribution >= 0.6 is 11.6 Å². The van der Waals surface area contributed by atoms with E-state index in [0.717, 1.165) is 11.2 Å². The standard InChI is InChI=1S/C18H14ClN5O2/c1-11-2-4-15-20-7-14(18(26)24(15)8-11)17(25)21-6-13-10-23-9-12(19)3-5-16(23)22-13/h2-5,7-10H,6H2,1H3,(H,21,25). The number of fused-ring (bicyclic) bond motifs is 2. The Morgan fingerprint density at radius 3 is 2.81 bits per heavy atom. The molecule has 4 heterocycles. The number of pyridine rings is 2. The quantitative estimate of drug-likeness (QED) is 0.602. The number of amides is 1. The number of nitrogens with one attached hydrogen (secondary N) is 1. The average molecular weight is 368 g/mol. The summed E-state index contributed by atoms with van der Waals surface area (Å²) in [6, 6.07) is 7.13. The molecule has 0 aliphatic heterocycles. The summed E-state index contributed by atoms with van der Waals surface area (Å²) in [4.78, 5) is 33.5. The van der Waals surface area contributed by atoms with Crippen molar-refractivity contribution in [2.24, 2.45) is 0 Å². The van der Waals surface area contributed by atoms with E-state index < -0.39 is 11.5 Å². The lowest BCUT2D eigenvalue weighted by Gasteiger charge is -2.05. The van der Waals surface area contributed by atoms with Gasteiger partial charge >= 0.3 is 0 Å². The molecule has 0 aromatic carbocycles. The number of carbonyl (C=O) groups is 1. The van der Waals surface area contributed by atoms with Crippen LogP contribution in [0.3, 0.4) is 0 Å². The molecule has 4 rings (SSSR count). The fourth-order valence-corrected chi connectivity index (χ4v) is 2.87. The fourth-order valence-electron chi connectivity index (χ4n) is 2.71. The molecule has 0 fully saturated rings. The Hall–Kier alpha value is -3.19. The second kappa shape index (κ2) is 6.27. The van der Waals surface area contributed by atoms with Crippen LogP contribution in [0.15, 0.2) is 53.8 Å². The molecule has 1 amide bonds. The van der Waals surface area contributed by atoms with Crippen molar-refractivity contribution in [3.05, 3.63) is 81.3 Å². The first-order valence-corrected chi connectivity index (χ1v) is 8.28. The van der Waals surface area contributed by atoms with E-state index in [1.165, 1.54) is 10.6 Å². The molecule has 4 aromatic heterocycles. The second-order valence-corrected chi connectivity index (χ2v) is 6.38. The number of rotatable bonds is 3. The lowest BCUT2D eigenvalue weighted by Crippen LogP contribution is -2.31. The van der Waals surface area contributed by atoms with Crippen LogP contribution < -0.4 is 10.9 Å². The van der Waals surface area contributed by atoms with Gasteiger partial charge in [0.15, 0.2) is 0 Å². The predicted molar refractivity (Wildman–Crippen MR) is 97.6 cm³/mol. The third-order valence-corrected chi connectivity index (χ3v) is 4.21. The number of aryl methyl sites for hydroxylation is 1. The molecule has 4 aromatic rings. The average Bonchev–Trinajstić information content (AvgIpc) is 3.02. The molecule has 26 heavy (non-hydrogen) atoms. The smallest absolute Gasteiger partial charge is 0.270 e. The number of hydrogen-bond acceptors (Lipinski definition) is 4. The van der Waals surface area contributed by atoms with Gasteiger partial charge in [-0.1, -0.05) is 17.7 Å². The van der Waals surface area contributed by atoms with Crippen LogP contribution in [-0.2, 0) is 6.54 Å². The first-order chi connectivity index (χ1) is 12.5. The van der Waals surface area contributed by atoms with E-state index in [9.17, 15) is 9.59 Å². The molecule has 130 valence electrons. The first-order valence-electron chi connectivity index (χ1n) is 7.90. The van der Waals surface area contributed by atoms with E-state index >= 15 is 0 Å². The Kier molecular flexibility index (Phi) is 3.93. The minimum absolute atomic E-state index is 0.0140. The molecule has 0 spiro atoms. The fraction of sp³-hybridized carbons (Fsp3) is 0.111. The molecule has 8 heteroatoms. The van der Waals surface area contributed by atoms with Crippen LogP contribution in [-0.4, -0.2) is 24.7 Å². The zero-order valence-electron chi connectivity index (χ0n) is 13.8. The third kappa shape index (κ3) is 2.93. The first kappa shape index (κ1) is 16.3. The van der Waals surface area contributed by atoms with E-state index in [4.69, 9.17) is 11.6 Å². The van der Waals surface area contributed by atoms with E-state index in [-0.39, 0.29) is 12.1 Å². The lowest BCUT2D eigenvalue weighted by atomic mass is 10.2. The normalized spacial score (nSPS) is 11.2. The van der Waals surface area contributed by atoms with Gasteiger partial charge in [-0.3, -0.25) is 14.0 Å². The van der Waals surface area contributed by atoms with Gasteiger partial charge < -0.3 is 9.72 Å². The molecule has 0 saturated heterocycles. The molecule has 0 aliphatic carbocycles. The van der Waals surface area contributed by atoms with Crippen molar-refractivity contribution in [3.63, 3.8) is 0 Å². The van der Waals surface area contributed by atoms with E-state index in [1.807, 2.05) is 13.0 Å². The van der Waals surface area contributed by atoms with Gasteiger partial charge in [-0.05, 0) is 30.7 Å². The van der Waals surface area contributed by atoms with Crippen LogP contribution in [0.5, 0.6) is 0 Å². The number of imidazole rings is 1. The summed E-state index contributed by atoms with van der Waals surface area (Å²) in [6.07, 6.45) is 6.46. The zero-order chi connectivity index (χ0) is 18.3. The Balaban J connectivity index is 1.58.